The molecular weight excluding hydrogens is 236 g/mol. The van der Waals surface area contributed by atoms with Crippen LogP contribution in [0, 0.1) is 5.92 Å². The Bertz CT molecular complexity index is 437. The van der Waals surface area contributed by atoms with E-state index >= 15 is 0 Å². The summed E-state index contributed by atoms with van der Waals surface area (Å²) in [5.74, 6) is 2.06. The summed E-state index contributed by atoms with van der Waals surface area (Å²) in [6.45, 7) is 7.95. The molecule has 0 bridgehead atoms. The van der Waals surface area contributed by atoms with Gasteiger partial charge in [-0.2, -0.15) is 0 Å². The SMILES string of the molecule is CCC1CNC(C)(C2CC2)CN1Cc1nccn1C. The number of nitrogens with zero attached hydrogens (tertiary/aromatic N) is 3. The van der Waals surface area contributed by atoms with E-state index in [0.717, 1.165) is 25.6 Å². The van der Waals surface area contributed by atoms with Gasteiger partial charge in [-0.1, -0.05) is 6.92 Å². The van der Waals surface area contributed by atoms with Gasteiger partial charge in [0.1, 0.15) is 5.82 Å². The Balaban J connectivity index is 1.73. The van der Waals surface area contributed by atoms with Crippen molar-refractivity contribution in [1.82, 2.24) is 19.8 Å². The predicted octanol–water partition coefficient (Wildman–Crippen LogP) is 1.77. The van der Waals surface area contributed by atoms with Gasteiger partial charge >= 0.3 is 0 Å². The number of rotatable bonds is 4. The van der Waals surface area contributed by atoms with Gasteiger partial charge in [-0.3, -0.25) is 4.90 Å². The maximum Gasteiger partial charge on any atom is 0.122 e. The molecule has 1 saturated heterocycles. The van der Waals surface area contributed by atoms with Crippen LogP contribution in [-0.2, 0) is 13.6 Å². The lowest BCUT2D eigenvalue weighted by atomic mass is 9.90. The number of piperazine rings is 1. The minimum atomic E-state index is 0.316. The van der Waals surface area contributed by atoms with E-state index in [0.29, 0.717) is 11.6 Å². The Morgan fingerprint density at radius 2 is 2.26 bits per heavy atom. The lowest BCUT2D eigenvalue weighted by Crippen LogP contribution is -2.63. The maximum absolute atomic E-state index is 4.49. The molecule has 1 N–H and O–H groups in total. The van der Waals surface area contributed by atoms with Crippen molar-refractivity contribution in [2.24, 2.45) is 13.0 Å². The van der Waals surface area contributed by atoms with Crippen molar-refractivity contribution < 1.29 is 0 Å². The van der Waals surface area contributed by atoms with Crippen molar-refractivity contribution in [3.63, 3.8) is 0 Å². The van der Waals surface area contributed by atoms with Gasteiger partial charge in [0.2, 0.25) is 0 Å². The van der Waals surface area contributed by atoms with Gasteiger partial charge in [0.05, 0.1) is 6.54 Å². The first-order valence-corrected chi connectivity index (χ1v) is 7.57. The van der Waals surface area contributed by atoms with Gasteiger partial charge in [-0.05, 0) is 32.1 Å². The van der Waals surface area contributed by atoms with Crippen molar-refractivity contribution in [2.75, 3.05) is 13.1 Å². The standard InChI is InChI=1S/C15H26N4/c1-4-13-9-17-15(2,12-5-6-12)11-19(13)10-14-16-7-8-18(14)3/h7-8,12-13,17H,4-6,9-11H2,1-3H3. The fourth-order valence-corrected chi connectivity index (χ4v) is 3.40. The molecule has 1 aliphatic heterocycles. The van der Waals surface area contributed by atoms with Gasteiger partial charge in [0.25, 0.3) is 0 Å². The minimum Gasteiger partial charge on any atom is -0.337 e. The van der Waals surface area contributed by atoms with Crippen LogP contribution >= 0.6 is 0 Å². The van der Waals surface area contributed by atoms with Crippen LogP contribution < -0.4 is 5.32 Å². The number of aromatic nitrogens is 2. The largest absolute Gasteiger partial charge is 0.337 e. The average Bonchev–Trinajstić information content (AvgIpc) is 3.17. The zero-order chi connectivity index (χ0) is 13.5. The van der Waals surface area contributed by atoms with E-state index in [1.54, 1.807) is 0 Å². The van der Waals surface area contributed by atoms with Crippen LogP contribution in [0.1, 0.15) is 38.9 Å². The molecule has 1 aliphatic carbocycles. The molecule has 2 aliphatic rings. The molecule has 2 fully saturated rings. The normalized spacial score (nSPS) is 32.7. The van der Waals surface area contributed by atoms with E-state index in [1.165, 1.54) is 25.1 Å². The monoisotopic (exact) mass is 262 g/mol. The van der Waals surface area contributed by atoms with Crippen molar-refractivity contribution >= 4 is 0 Å². The second-order valence-electron chi connectivity index (χ2n) is 6.49. The summed E-state index contributed by atoms with van der Waals surface area (Å²) < 4.78 is 2.14. The highest BCUT2D eigenvalue weighted by molar-refractivity contribution is 5.05. The quantitative estimate of drug-likeness (QED) is 0.898. The van der Waals surface area contributed by atoms with E-state index in [4.69, 9.17) is 0 Å². The first-order valence-electron chi connectivity index (χ1n) is 7.57. The Hall–Kier alpha value is -0.870. The molecule has 0 amide bonds. The summed E-state index contributed by atoms with van der Waals surface area (Å²) in [4.78, 5) is 7.12. The molecule has 0 aromatic carbocycles. The first kappa shape index (κ1) is 13.1. The maximum atomic E-state index is 4.49. The molecule has 2 unspecified atom stereocenters. The van der Waals surface area contributed by atoms with Crippen molar-refractivity contribution in [3.8, 4) is 0 Å². The summed E-state index contributed by atoms with van der Waals surface area (Å²) in [6, 6.07) is 0.642. The van der Waals surface area contributed by atoms with Crippen molar-refractivity contribution in [2.45, 2.75) is 51.2 Å². The third-order valence-electron chi connectivity index (χ3n) is 5.00. The summed E-state index contributed by atoms with van der Waals surface area (Å²) in [5, 5.41) is 3.81. The number of hydrogen-bond acceptors (Lipinski definition) is 3. The average molecular weight is 262 g/mol. The van der Waals surface area contributed by atoms with E-state index in [-0.39, 0.29) is 0 Å². The molecule has 1 saturated carbocycles. The van der Waals surface area contributed by atoms with Crippen LogP contribution in [0.5, 0.6) is 0 Å². The summed E-state index contributed by atoms with van der Waals surface area (Å²) >= 11 is 0. The zero-order valence-corrected chi connectivity index (χ0v) is 12.4. The summed E-state index contributed by atoms with van der Waals surface area (Å²) in [6.07, 6.45) is 7.95. The van der Waals surface area contributed by atoms with Gasteiger partial charge in [0, 0.05) is 44.1 Å². The van der Waals surface area contributed by atoms with Gasteiger partial charge in [0.15, 0.2) is 0 Å². The topological polar surface area (TPSA) is 33.1 Å². The molecule has 1 aromatic rings. The minimum absolute atomic E-state index is 0.316. The van der Waals surface area contributed by atoms with E-state index < -0.39 is 0 Å². The lowest BCUT2D eigenvalue weighted by molar-refractivity contribution is 0.0638. The fraction of sp³-hybridized carbons (Fsp3) is 0.800. The third-order valence-corrected chi connectivity index (χ3v) is 5.00. The van der Waals surface area contributed by atoms with Crippen LogP contribution in [0.4, 0.5) is 0 Å². The number of aryl methyl sites for hydroxylation is 1. The lowest BCUT2D eigenvalue weighted by Gasteiger charge is -2.46. The molecule has 3 rings (SSSR count). The van der Waals surface area contributed by atoms with Gasteiger partial charge < -0.3 is 9.88 Å². The van der Waals surface area contributed by atoms with Crippen LogP contribution in [0.25, 0.3) is 0 Å². The highest BCUT2D eigenvalue weighted by atomic mass is 15.3. The molecular formula is C15H26N4. The Morgan fingerprint density at radius 3 is 2.84 bits per heavy atom. The highest BCUT2D eigenvalue weighted by Crippen LogP contribution is 2.41. The number of nitrogens with one attached hydrogen (secondary N) is 1. The molecule has 2 heterocycles. The number of imidazole rings is 1. The van der Waals surface area contributed by atoms with Crippen molar-refractivity contribution in [1.29, 1.82) is 0 Å². The third kappa shape index (κ3) is 2.56. The zero-order valence-electron chi connectivity index (χ0n) is 12.4. The summed E-state index contributed by atoms with van der Waals surface area (Å²) in [5.41, 5.74) is 0.316. The second-order valence-corrected chi connectivity index (χ2v) is 6.49. The molecule has 4 nitrogen and oxygen atoms in total. The van der Waals surface area contributed by atoms with Crippen LogP contribution in [0.15, 0.2) is 12.4 Å². The van der Waals surface area contributed by atoms with E-state index in [2.05, 4.69) is 40.7 Å². The van der Waals surface area contributed by atoms with E-state index in [1.807, 2.05) is 12.4 Å². The molecule has 4 heteroatoms. The number of hydrogen-bond donors (Lipinski definition) is 1. The first-order chi connectivity index (χ1) is 9.12. The Morgan fingerprint density at radius 1 is 1.47 bits per heavy atom. The molecule has 0 spiro atoms. The molecule has 0 radical (unpaired) electrons. The molecule has 106 valence electrons. The van der Waals surface area contributed by atoms with E-state index in [9.17, 15) is 0 Å². The van der Waals surface area contributed by atoms with Crippen LogP contribution in [-0.4, -0.2) is 39.1 Å². The second kappa shape index (κ2) is 4.91. The molecule has 19 heavy (non-hydrogen) atoms. The Kier molecular flexibility index (Phi) is 3.39. The summed E-state index contributed by atoms with van der Waals surface area (Å²) in [7, 11) is 2.09. The van der Waals surface area contributed by atoms with Crippen molar-refractivity contribution in [3.05, 3.63) is 18.2 Å². The molecule has 1 aromatic heterocycles. The van der Waals surface area contributed by atoms with Crippen LogP contribution in [0.3, 0.4) is 0 Å². The predicted molar refractivity (Wildman–Crippen MR) is 76.8 cm³/mol. The molecule has 2 atom stereocenters. The Labute approximate surface area is 116 Å². The fourth-order valence-electron chi connectivity index (χ4n) is 3.40. The van der Waals surface area contributed by atoms with Gasteiger partial charge in [-0.15, -0.1) is 0 Å². The van der Waals surface area contributed by atoms with Gasteiger partial charge in [-0.25, -0.2) is 4.98 Å². The van der Waals surface area contributed by atoms with Crippen LogP contribution in [0.2, 0.25) is 0 Å². The smallest absolute Gasteiger partial charge is 0.122 e. The highest BCUT2D eigenvalue weighted by Gasteiger charge is 2.45.